The summed E-state index contributed by atoms with van der Waals surface area (Å²) >= 11 is 0. The minimum absolute atomic E-state index is 0.0835. The quantitative estimate of drug-likeness (QED) is 0.0928. The molecule has 3 fully saturated rings. The Bertz CT molecular complexity index is 2070. The number of nitrogens with zero attached hydrogens (tertiary/aromatic N) is 2. The normalized spacial score (nSPS) is 21.5. The van der Waals surface area contributed by atoms with Crippen LogP contribution in [0.15, 0.2) is 109 Å². The van der Waals surface area contributed by atoms with Crippen LogP contribution < -0.4 is 9.64 Å². The Morgan fingerprint density at radius 2 is 1.47 bits per heavy atom. The molecule has 5 atom stereocenters. The molecule has 0 unspecified atom stereocenters. The average molecular weight is 651 g/mol. The van der Waals surface area contributed by atoms with Gasteiger partial charge in [0.1, 0.15) is 12.4 Å². The molecular formula is C41H34N2O6. The van der Waals surface area contributed by atoms with E-state index < -0.39 is 12.1 Å². The standard InChI is InChI=1S/C41H34N2O6/c1-24(38(44)27-15-19-31(20-16-27)48-23-25-7-3-2-4-8-25)49-41(47)33-22-35(42-34-10-6-5-9-32(33)34)26-13-17-30(18-14-26)43-39(45)36-28-11-12-29(21-28)37(36)40(43)46/h2-10,13-20,22,24,28-29,36-37H,11-12,21,23H2,1H3/t24-,28-,29-,36-,37+/m0/s1. The maximum Gasteiger partial charge on any atom is 0.339 e. The fourth-order valence-corrected chi connectivity index (χ4v) is 7.91. The van der Waals surface area contributed by atoms with Gasteiger partial charge in [0.05, 0.1) is 34.3 Å². The molecule has 1 saturated heterocycles. The topological polar surface area (TPSA) is 103 Å². The predicted molar refractivity (Wildman–Crippen MR) is 184 cm³/mol. The van der Waals surface area contributed by atoms with Crippen molar-refractivity contribution >= 4 is 40.2 Å². The highest BCUT2D eigenvalue weighted by Gasteiger charge is 2.61. The van der Waals surface area contributed by atoms with E-state index in [2.05, 4.69) is 0 Å². The van der Waals surface area contributed by atoms with Gasteiger partial charge in [-0.15, -0.1) is 0 Å². The number of hydrogen-bond acceptors (Lipinski definition) is 7. The molecule has 5 aromatic rings. The van der Waals surface area contributed by atoms with Crippen LogP contribution in [0.1, 0.15) is 52.5 Å². The van der Waals surface area contributed by atoms with Gasteiger partial charge in [-0.25, -0.2) is 9.78 Å². The van der Waals surface area contributed by atoms with Gasteiger partial charge in [-0.1, -0.05) is 60.7 Å². The van der Waals surface area contributed by atoms with Crippen LogP contribution in [-0.4, -0.2) is 34.7 Å². The van der Waals surface area contributed by atoms with Crippen LogP contribution in [0.5, 0.6) is 5.75 Å². The summed E-state index contributed by atoms with van der Waals surface area (Å²) in [5, 5.41) is 0.599. The van der Waals surface area contributed by atoms with Crippen LogP contribution in [0.25, 0.3) is 22.2 Å². The molecule has 0 radical (unpaired) electrons. The second-order valence-corrected chi connectivity index (χ2v) is 13.2. The Labute approximate surface area is 283 Å². The van der Waals surface area contributed by atoms with Crippen molar-refractivity contribution in [2.45, 2.75) is 38.9 Å². The largest absolute Gasteiger partial charge is 0.489 e. The van der Waals surface area contributed by atoms with Crippen LogP contribution >= 0.6 is 0 Å². The molecule has 244 valence electrons. The van der Waals surface area contributed by atoms with E-state index in [4.69, 9.17) is 14.5 Å². The number of anilines is 1. The Hall–Kier alpha value is -5.63. The van der Waals surface area contributed by atoms with Crippen LogP contribution in [-0.2, 0) is 20.9 Å². The first-order chi connectivity index (χ1) is 23.9. The fourth-order valence-electron chi connectivity index (χ4n) is 7.91. The summed E-state index contributed by atoms with van der Waals surface area (Å²) in [6.45, 7) is 1.97. The van der Waals surface area contributed by atoms with Crippen molar-refractivity contribution in [1.82, 2.24) is 4.98 Å². The predicted octanol–water partition coefficient (Wildman–Crippen LogP) is 7.44. The van der Waals surface area contributed by atoms with E-state index >= 15 is 0 Å². The molecule has 0 spiro atoms. The van der Waals surface area contributed by atoms with Gasteiger partial charge in [0.15, 0.2) is 6.10 Å². The molecule has 3 aliphatic rings. The van der Waals surface area contributed by atoms with Gasteiger partial charge < -0.3 is 9.47 Å². The molecule has 2 bridgehead atoms. The maximum absolute atomic E-state index is 13.6. The number of hydrogen-bond donors (Lipinski definition) is 0. The Kier molecular flexibility index (Phi) is 7.79. The zero-order chi connectivity index (χ0) is 33.6. The van der Waals surface area contributed by atoms with Gasteiger partial charge in [-0.05, 0) is 92.1 Å². The van der Waals surface area contributed by atoms with Gasteiger partial charge in [-0.3, -0.25) is 19.3 Å². The van der Waals surface area contributed by atoms with E-state index in [1.54, 1.807) is 55.5 Å². The number of pyridine rings is 1. The van der Waals surface area contributed by atoms with E-state index in [9.17, 15) is 19.2 Å². The van der Waals surface area contributed by atoms with E-state index in [0.717, 1.165) is 24.8 Å². The zero-order valence-electron chi connectivity index (χ0n) is 27.0. The number of amides is 2. The third kappa shape index (κ3) is 5.57. The summed E-state index contributed by atoms with van der Waals surface area (Å²) in [6, 6.07) is 32.6. The lowest BCUT2D eigenvalue weighted by Crippen LogP contribution is -2.32. The summed E-state index contributed by atoms with van der Waals surface area (Å²) in [5.74, 6) is -0.252. The van der Waals surface area contributed by atoms with Crippen molar-refractivity contribution in [2.24, 2.45) is 23.7 Å². The fraction of sp³-hybridized carbons (Fsp3) is 0.244. The number of para-hydroxylation sites is 1. The van der Waals surface area contributed by atoms with Gasteiger partial charge in [0, 0.05) is 16.5 Å². The number of aromatic nitrogens is 1. The molecule has 4 aromatic carbocycles. The van der Waals surface area contributed by atoms with Gasteiger partial charge >= 0.3 is 5.97 Å². The molecule has 2 heterocycles. The van der Waals surface area contributed by atoms with Crippen molar-refractivity contribution in [3.63, 3.8) is 0 Å². The second kappa shape index (κ2) is 12.4. The van der Waals surface area contributed by atoms with E-state index in [-0.39, 0.29) is 35.0 Å². The second-order valence-electron chi connectivity index (χ2n) is 13.2. The Morgan fingerprint density at radius 1 is 0.816 bits per heavy atom. The van der Waals surface area contributed by atoms with Crippen LogP contribution in [0.4, 0.5) is 5.69 Å². The lowest BCUT2D eigenvalue weighted by Gasteiger charge is -2.19. The lowest BCUT2D eigenvalue weighted by atomic mass is 9.81. The summed E-state index contributed by atoms with van der Waals surface area (Å²) < 4.78 is 11.6. The number of benzene rings is 4. The number of imide groups is 1. The first-order valence-electron chi connectivity index (χ1n) is 16.8. The molecule has 1 aromatic heterocycles. The summed E-state index contributed by atoms with van der Waals surface area (Å²) in [7, 11) is 0. The smallest absolute Gasteiger partial charge is 0.339 e. The highest BCUT2D eigenvalue weighted by molar-refractivity contribution is 6.22. The average Bonchev–Trinajstić information content (AvgIpc) is 3.84. The summed E-state index contributed by atoms with van der Waals surface area (Å²) in [4.78, 5) is 59.7. The molecule has 49 heavy (non-hydrogen) atoms. The molecule has 2 amide bonds. The molecule has 0 N–H and O–H groups in total. The van der Waals surface area contributed by atoms with E-state index in [1.165, 1.54) is 4.90 Å². The zero-order valence-corrected chi connectivity index (χ0v) is 27.0. The van der Waals surface area contributed by atoms with Crippen LogP contribution in [0.3, 0.4) is 0 Å². The number of fused-ring (bicyclic) bond motifs is 6. The molecule has 8 heteroatoms. The molecular weight excluding hydrogens is 616 g/mol. The van der Waals surface area contributed by atoms with Crippen LogP contribution in [0, 0.1) is 23.7 Å². The number of ether oxygens (including phenoxy) is 2. The SMILES string of the molecule is C[C@H](OC(=O)c1cc(-c2ccc(N3C(=O)[C@@H]4[C@H]5CC[C@@H](C5)[C@@H]4C3=O)cc2)nc2ccccc12)C(=O)c1ccc(OCc2ccccc2)cc1. The van der Waals surface area contributed by atoms with Gasteiger partial charge in [-0.2, -0.15) is 0 Å². The van der Waals surface area contributed by atoms with Crippen molar-refractivity contribution < 1.29 is 28.7 Å². The first-order valence-corrected chi connectivity index (χ1v) is 16.8. The molecule has 2 aliphatic carbocycles. The third-order valence-electron chi connectivity index (χ3n) is 10.3. The highest BCUT2D eigenvalue weighted by atomic mass is 16.5. The van der Waals surface area contributed by atoms with Gasteiger partial charge in [0.25, 0.3) is 0 Å². The van der Waals surface area contributed by atoms with Crippen LogP contribution in [0.2, 0.25) is 0 Å². The number of ketones is 1. The number of esters is 1. The molecule has 8 nitrogen and oxygen atoms in total. The first kappa shape index (κ1) is 30.7. The van der Waals surface area contributed by atoms with E-state index in [0.29, 0.717) is 57.6 Å². The van der Waals surface area contributed by atoms with Crippen molar-refractivity contribution in [3.8, 4) is 17.0 Å². The lowest BCUT2D eigenvalue weighted by molar-refractivity contribution is -0.123. The number of carbonyl (C=O) groups is 4. The van der Waals surface area contributed by atoms with E-state index in [1.807, 2.05) is 60.7 Å². The summed E-state index contributed by atoms with van der Waals surface area (Å²) in [6.07, 6.45) is 2.01. The molecule has 8 rings (SSSR count). The maximum atomic E-state index is 13.6. The molecule has 2 saturated carbocycles. The summed E-state index contributed by atoms with van der Waals surface area (Å²) in [5.41, 5.74) is 4.10. The minimum atomic E-state index is -1.04. The number of Topliss-reactive ketones (excluding diaryl/α,β-unsaturated/α-hetero) is 1. The minimum Gasteiger partial charge on any atom is -0.489 e. The third-order valence-corrected chi connectivity index (χ3v) is 10.3. The Balaban J connectivity index is 0.986. The van der Waals surface area contributed by atoms with Crippen molar-refractivity contribution in [2.75, 3.05) is 4.90 Å². The van der Waals surface area contributed by atoms with Gasteiger partial charge in [0.2, 0.25) is 17.6 Å². The number of rotatable bonds is 9. The monoisotopic (exact) mass is 650 g/mol. The molecule has 1 aliphatic heterocycles. The highest BCUT2D eigenvalue weighted by Crippen LogP contribution is 2.56. The Morgan fingerprint density at radius 3 is 2.16 bits per heavy atom. The number of carbonyl (C=O) groups excluding carboxylic acids is 4. The van der Waals surface area contributed by atoms with Crippen molar-refractivity contribution in [3.05, 3.63) is 126 Å². The van der Waals surface area contributed by atoms with Crippen molar-refractivity contribution in [1.29, 1.82) is 0 Å².